The highest BCUT2D eigenvalue weighted by Gasteiger charge is 2.23. The second kappa shape index (κ2) is 9.64. The molecule has 2 aromatic heterocycles. The third kappa shape index (κ3) is 4.87. The van der Waals surface area contributed by atoms with Gasteiger partial charge in [-0.2, -0.15) is 5.10 Å². The normalized spacial score (nSPS) is 14.2. The molecule has 0 atom stereocenters. The van der Waals surface area contributed by atoms with Gasteiger partial charge >= 0.3 is 0 Å². The molecule has 0 aromatic carbocycles. The molecular weight excluding hydrogens is 409 g/mol. The van der Waals surface area contributed by atoms with Gasteiger partial charge in [-0.1, -0.05) is 0 Å². The van der Waals surface area contributed by atoms with E-state index in [2.05, 4.69) is 20.7 Å². The third-order valence-corrected chi connectivity index (χ3v) is 5.79. The predicted molar refractivity (Wildman–Crippen MR) is 113 cm³/mol. The van der Waals surface area contributed by atoms with Crippen LogP contribution < -0.4 is 16.2 Å². The molecule has 0 radical (unpaired) electrons. The van der Waals surface area contributed by atoms with E-state index in [1.807, 2.05) is 20.8 Å². The first-order valence-electron chi connectivity index (χ1n) is 8.42. The Labute approximate surface area is 174 Å². The van der Waals surface area contributed by atoms with Crippen LogP contribution in [0.15, 0.2) is 4.79 Å². The molecule has 0 bridgehead atoms. The minimum Gasteiger partial charge on any atom is -0.348 e. The van der Waals surface area contributed by atoms with Crippen LogP contribution in [0.2, 0.25) is 0 Å². The average molecular weight is 434 g/mol. The minimum absolute atomic E-state index is 0. The standard InChI is InChI=1S/C17H23N5O2S.2ClH/c1-9-10(2)21-22(4)17(24)13(9)16-19-11(3)14(25-16)15(23)20-12-5-7-18-8-6-12;;/h12,18H,5-8H2,1-4H3,(H,20,23);2*1H. The molecule has 2 aromatic rings. The van der Waals surface area contributed by atoms with Crippen molar-refractivity contribution in [2.45, 2.75) is 39.7 Å². The number of hydrogen-bond donors (Lipinski definition) is 2. The zero-order valence-corrected chi connectivity index (χ0v) is 18.2. The molecule has 0 unspecified atom stereocenters. The largest absolute Gasteiger partial charge is 0.348 e. The predicted octanol–water partition coefficient (Wildman–Crippen LogP) is 2.15. The lowest BCUT2D eigenvalue weighted by Crippen LogP contribution is -2.42. The Morgan fingerprint density at radius 1 is 1.19 bits per heavy atom. The third-order valence-electron chi connectivity index (χ3n) is 4.62. The molecule has 10 heteroatoms. The van der Waals surface area contributed by atoms with Crippen molar-refractivity contribution in [3.8, 4) is 10.6 Å². The van der Waals surface area contributed by atoms with Crippen molar-refractivity contribution < 1.29 is 4.79 Å². The molecule has 3 heterocycles. The highest BCUT2D eigenvalue weighted by Crippen LogP contribution is 2.28. The van der Waals surface area contributed by atoms with Crippen LogP contribution in [0.3, 0.4) is 0 Å². The maximum Gasteiger partial charge on any atom is 0.277 e. The minimum atomic E-state index is -0.192. The van der Waals surface area contributed by atoms with E-state index in [-0.39, 0.29) is 42.3 Å². The first-order valence-corrected chi connectivity index (χ1v) is 9.24. The number of thiazole rings is 1. The molecule has 0 spiro atoms. The molecule has 1 saturated heterocycles. The fraction of sp³-hybridized carbons (Fsp3) is 0.529. The first-order chi connectivity index (χ1) is 11.9. The molecule has 1 amide bonds. The summed E-state index contributed by atoms with van der Waals surface area (Å²) in [6.07, 6.45) is 1.86. The van der Waals surface area contributed by atoms with Gasteiger partial charge in [0.05, 0.1) is 17.0 Å². The maximum atomic E-state index is 12.6. The number of aryl methyl sites for hydroxylation is 3. The SMILES string of the molecule is Cc1nc(-c2c(C)c(C)nn(C)c2=O)sc1C(=O)NC1CCNCC1.Cl.Cl. The van der Waals surface area contributed by atoms with Gasteiger partial charge in [-0.05, 0) is 52.3 Å². The summed E-state index contributed by atoms with van der Waals surface area (Å²) >= 11 is 1.28. The molecular formula is C17H25Cl2N5O2S. The van der Waals surface area contributed by atoms with Crippen LogP contribution in [0, 0.1) is 20.8 Å². The van der Waals surface area contributed by atoms with Gasteiger partial charge in [0.25, 0.3) is 11.5 Å². The molecule has 3 rings (SSSR count). The van der Waals surface area contributed by atoms with E-state index >= 15 is 0 Å². The van der Waals surface area contributed by atoms with Crippen LogP contribution in [0.25, 0.3) is 10.6 Å². The molecule has 0 saturated carbocycles. The summed E-state index contributed by atoms with van der Waals surface area (Å²) in [4.78, 5) is 30.2. The van der Waals surface area contributed by atoms with Crippen molar-refractivity contribution in [1.29, 1.82) is 0 Å². The smallest absolute Gasteiger partial charge is 0.277 e. The average Bonchev–Trinajstić information content (AvgIpc) is 2.96. The van der Waals surface area contributed by atoms with Crippen molar-refractivity contribution in [2.24, 2.45) is 7.05 Å². The number of carbonyl (C=O) groups excluding carboxylic acids is 1. The van der Waals surface area contributed by atoms with Gasteiger partial charge in [-0.25, -0.2) is 9.67 Å². The van der Waals surface area contributed by atoms with Crippen LogP contribution in [-0.2, 0) is 7.05 Å². The van der Waals surface area contributed by atoms with E-state index in [9.17, 15) is 9.59 Å². The van der Waals surface area contributed by atoms with Crippen LogP contribution in [-0.4, -0.2) is 39.8 Å². The Hall–Kier alpha value is -1.48. The Balaban J connectivity index is 0.00000182. The number of hydrogen-bond acceptors (Lipinski definition) is 6. The van der Waals surface area contributed by atoms with Gasteiger partial charge < -0.3 is 10.6 Å². The second-order valence-corrected chi connectivity index (χ2v) is 7.44. The Morgan fingerprint density at radius 2 is 1.81 bits per heavy atom. The number of carbonyl (C=O) groups is 1. The Bertz CT molecular complexity index is 875. The monoisotopic (exact) mass is 433 g/mol. The number of amides is 1. The summed E-state index contributed by atoms with van der Waals surface area (Å²) < 4.78 is 1.32. The number of piperidine rings is 1. The Kier molecular flexibility index (Phi) is 8.41. The highest BCUT2D eigenvalue weighted by molar-refractivity contribution is 7.17. The summed E-state index contributed by atoms with van der Waals surface area (Å²) in [6, 6.07) is 0.191. The second-order valence-electron chi connectivity index (χ2n) is 6.45. The van der Waals surface area contributed by atoms with Gasteiger partial charge in [0, 0.05) is 13.1 Å². The van der Waals surface area contributed by atoms with Crippen LogP contribution >= 0.6 is 36.2 Å². The van der Waals surface area contributed by atoms with Crippen molar-refractivity contribution in [1.82, 2.24) is 25.4 Å². The number of nitrogens with one attached hydrogen (secondary N) is 2. The molecule has 27 heavy (non-hydrogen) atoms. The zero-order chi connectivity index (χ0) is 18.1. The first kappa shape index (κ1) is 23.6. The van der Waals surface area contributed by atoms with Gasteiger partial charge in [-0.3, -0.25) is 9.59 Å². The van der Waals surface area contributed by atoms with Crippen molar-refractivity contribution in [3.05, 3.63) is 32.2 Å². The zero-order valence-electron chi connectivity index (χ0n) is 15.8. The molecule has 7 nitrogen and oxygen atoms in total. The van der Waals surface area contributed by atoms with Gasteiger partial charge in [0.1, 0.15) is 9.88 Å². The molecule has 0 aliphatic carbocycles. The van der Waals surface area contributed by atoms with Crippen molar-refractivity contribution >= 4 is 42.1 Å². The lowest BCUT2D eigenvalue weighted by atomic mass is 10.1. The van der Waals surface area contributed by atoms with Crippen molar-refractivity contribution in [3.63, 3.8) is 0 Å². The summed E-state index contributed by atoms with van der Waals surface area (Å²) in [7, 11) is 1.63. The van der Waals surface area contributed by atoms with Crippen LogP contribution in [0.4, 0.5) is 0 Å². The number of nitrogens with zero attached hydrogens (tertiary/aromatic N) is 3. The van der Waals surface area contributed by atoms with Crippen LogP contribution in [0.1, 0.15) is 39.5 Å². The summed E-state index contributed by atoms with van der Waals surface area (Å²) in [5.41, 5.74) is 2.58. The van der Waals surface area contributed by atoms with Crippen LogP contribution in [0.5, 0.6) is 0 Å². The van der Waals surface area contributed by atoms with Gasteiger partial charge in [0.2, 0.25) is 0 Å². The highest BCUT2D eigenvalue weighted by atomic mass is 35.5. The fourth-order valence-electron chi connectivity index (χ4n) is 3.03. The van der Waals surface area contributed by atoms with Gasteiger partial charge in [-0.15, -0.1) is 36.2 Å². The van der Waals surface area contributed by atoms with E-state index in [4.69, 9.17) is 0 Å². The summed E-state index contributed by atoms with van der Waals surface area (Å²) in [5, 5.41) is 11.1. The number of aromatic nitrogens is 3. The van der Waals surface area contributed by atoms with E-state index < -0.39 is 0 Å². The number of rotatable bonds is 3. The molecule has 150 valence electrons. The van der Waals surface area contributed by atoms with Gasteiger partial charge in [0.15, 0.2) is 0 Å². The quantitative estimate of drug-likeness (QED) is 0.773. The molecule has 1 aliphatic heterocycles. The summed E-state index contributed by atoms with van der Waals surface area (Å²) in [5.74, 6) is -0.103. The molecule has 2 N–H and O–H groups in total. The van der Waals surface area contributed by atoms with E-state index in [0.29, 0.717) is 21.1 Å². The summed E-state index contributed by atoms with van der Waals surface area (Å²) in [6.45, 7) is 7.38. The maximum absolute atomic E-state index is 12.6. The lowest BCUT2D eigenvalue weighted by molar-refractivity contribution is 0.0933. The van der Waals surface area contributed by atoms with E-state index in [0.717, 1.165) is 37.2 Å². The Morgan fingerprint density at radius 3 is 2.44 bits per heavy atom. The topological polar surface area (TPSA) is 88.9 Å². The number of halogens is 2. The molecule has 1 aliphatic rings. The van der Waals surface area contributed by atoms with E-state index in [1.54, 1.807) is 7.05 Å². The molecule has 1 fully saturated rings. The fourth-order valence-corrected chi connectivity index (χ4v) is 4.09. The van der Waals surface area contributed by atoms with Crippen molar-refractivity contribution in [2.75, 3.05) is 13.1 Å². The van der Waals surface area contributed by atoms with E-state index in [1.165, 1.54) is 16.0 Å². The lowest BCUT2D eigenvalue weighted by Gasteiger charge is -2.23.